The monoisotopic (exact) mass is 417 g/mol. The van der Waals surface area contributed by atoms with Crippen molar-refractivity contribution in [1.29, 1.82) is 0 Å². The SMILES string of the molecule is Cc1cc2cc(CCNC(=S)Nc3ccc(OC(F)F)cc3)c(=O)[nH]c2cc1C. The van der Waals surface area contributed by atoms with Gasteiger partial charge < -0.3 is 20.4 Å². The summed E-state index contributed by atoms with van der Waals surface area (Å²) in [4.78, 5) is 15.2. The van der Waals surface area contributed by atoms with Crippen LogP contribution in [-0.2, 0) is 6.42 Å². The van der Waals surface area contributed by atoms with Gasteiger partial charge in [0.15, 0.2) is 5.11 Å². The highest BCUT2D eigenvalue weighted by atomic mass is 32.1. The molecule has 3 aromatic rings. The Morgan fingerprint density at radius 3 is 2.52 bits per heavy atom. The summed E-state index contributed by atoms with van der Waals surface area (Å²) in [5, 5.41) is 7.36. The number of aromatic nitrogens is 1. The van der Waals surface area contributed by atoms with Crippen LogP contribution in [0.15, 0.2) is 47.3 Å². The number of fused-ring (bicyclic) bond motifs is 1. The third-order valence-electron chi connectivity index (χ3n) is 4.55. The number of benzene rings is 2. The highest BCUT2D eigenvalue weighted by Gasteiger charge is 2.07. The van der Waals surface area contributed by atoms with Crippen molar-refractivity contribution in [2.45, 2.75) is 26.9 Å². The van der Waals surface area contributed by atoms with Crippen molar-refractivity contribution in [2.75, 3.05) is 11.9 Å². The molecule has 0 aliphatic heterocycles. The fourth-order valence-corrected chi connectivity index (χ4v) is 3.13. The normalized spacial score (nSPS) is 10.9. The van der Waals surface area contributed by atoms with Crippen LogP contribution >= 0.6 is 12.2 Å². The average Bonchev–Trinajstić information content (AvgIpc) is 2.65. The van der Waals surface area contributed by atoms with Gasteiger partial charge in [0.2, 0.25) is 0 Å². The molecule has 0 saturated carbocycles. The predicted molar refractivity (Wildman–Crippen MR) is 115 cm³/mol. The number of hydrogen-bond donors (Lipinski definition) is 3. The molecule has 1 heterocycles. The first-order valence-corrected chi connectivity index (χ1v) is 9.45. The van der Waals surface area contributed by atoms with E-state index in [-0.39, 0.29) is 11.3 Å². The molecule has 0 bridgehead atoms. The van der Waals surface area contributed by atoms with Crippen LogP contribution in [0.4, 0.5) is 14.5 Å². The molecule has 0 aliphatic rings. The minimum atomic E-state index is -2.86. The first kappa shape index (κ1) is 20.7. The summed E-state index contributed by atoms with van der Waals surface area (Å²) in [5.41, 5.74) is 4.32. The van der Waals surface area contributed by atoms with Crippen molar-refractivity contribution >= 4 is 33.9 Å². The Balaban J connectivity index is 1.56. The maximum absolute atomic E-state index is 12.3. The Hall–Kier alpha value is -3.00. The Morgan fingerprint density at radius 2 is 1.83 bits per heavy atom. The standard InChI is InChI=1S/C21H21F2N3O2S/c1-12-9-15-11-14(19(27)26-18(15)10-13(12)2)7-8-24-21(29)25-16-3-5-17(6-4-16)28-20(22)23/h3-6,9-11,20H,7-8H2,1-2H3,(H,26,27)(H2,24,25,29). The molecule has 0 unspecified atom stereocenters. The van der Waals surface area contributed by atoms with Gasteiger partial charge in [-0.2, -0.15) is 8.78 Å². The number of anilines is 1. The average molecular weight is 417 g/mol. The van der Waals surface area contributed by atoms with Crippen molar-refractivity contribution in [3.63, 3.8) is 0 Å². The lowest BCUT2D eigenvalue weighted by Crippen LogP contribution is -2.31. The molecular weight excluding hydrogens is 396 g/mol. The van der Waals surface area contributed by atoms with Crippen molar-refractivity contribution in [1.82, 2.24) is 10.3 Å². The summed E-state index contributed by atoms with van der Waals surface area (Å²) in [6.45, 7) is 1.66. The van der Waals surface area contributed by atoms with Gasteiger partial charge in [-0.25, -0.2) is 0 Å². The maximum atomic E-state index is 12.3. The number of aryl methyl sites for hydroxylation is 2. The van der Waals surface area contributed by atoms with Gasteiger partial charge in [-0.1, -0.05) is 0 Å². The van der Waals surface area contributed by atoms with Gasteiger partial charge in [-0.05, 0) is 91.5 Å². The summed E-state index contributed by atoms with van der Waals surface area (Å²) >= 11 is 5.24. The number of thiocarbonyl (C=S) groups is 1. The zero-order chi connectivity index (χ0) is 21.0. The van der Waals surface area contributed by atoms with E-state index in [1.807, 2.05) is 26.0 Å². The Kier molecular flexibility index (Phi) is 6.43. The molecular formula is C21H21F2N3O2S. The molecule has 8 heteroatoms. The Labute approximate surface area is 172 Å². The largest absolute Gasteiger partial charge is 0.435 e. The zero-order valence-electron chi connectivity index (χ0n) is 16.0. The van der Waals surface area contributed by atoms with Gasteiger partial charge in [0.1, 0.15) is 5.75 Å². The number of hydrogen-bond acceptors (Lipinski definition) is 3. The number of rotatable bonds is 6. The molecule has 3 N–H and O–H groups in total. The van der Waals surface area contributed by atoms with Gasteiger partial charge in [0, 0.05) is 23.3 Å². The van der Waals surface area contributed by atoms with E-state index in [0.717, 1.165) is 16.5 Å². The van der Waals surface area contributed by atoms with E-state index in [2.05, 4.69) is 26.4 Å². The maximum Gasteiger partial charge on any atom is 0.387 e. The van der Waals surface area contributed by atoms with Crippen LogP contribution in [0.3, 0.4) is 0 Å². The van der Waals surface area contributed by atoms with Gasteiger partial charge >= 0.3 is 6.61 Å². The second kappa shape index (κ2) is 9.00. The van der Waals surface area contributed by atoms with Gasteiger partial charge in [0.25, 0.3) is 5.56 Å². The fraction of sp³-hybridized carbons (Fsp3) is 0.238. The highest BCUT2D eigenvalue weighted by molar-refractivity contribution is 7.80. The summed E-state index contributed by atoms with van der Waals surface area (Å²) in [6.07, 6.45) is 0.501. The first-order chi connectivity index (χ1) is 13.8. The molecule has 29 heavy (non-hydrogen) atoms. The minimum Gasteiger partial charge on any atom is -0.435 e. The van der Waals surface area contributed by atoms with Crippen molar-refractivity contribution in [2.24, 2.45) is 0 Å². The fourth-order valence-electron chi connectivity index (χ4n) is 2.91. The lowest BCUT2D eigenvalue weighted by molar-refractivity contribution is -0.0498. The third-order valence-corrected chi connectivity index (χ3v) is 4.80. The quantitative estimate of drug-likeness (QED) is 0.523. The number of ether oxygens (including phenoxy) is 1. The molecule has 0 spiro atoms. The molecule has 0 aliphatic carbocycles. The zero-order valence-corrected chi connectivity index (χ0v) is 16.8. The summed E-state index contributed by atoms with van der Waals surface area (Å²) < 4.78 is 28.6. The van der Waals surface area contributed by atoms with E-state index >= 15 is 0 Å². The topological polar surface area (TPSA) is 66.2 Å². The molecule has 0 amide bonds. The minimum absolute atomic E-state index is 0.0744. The number of pyridine rings is 1. The first-order valence-electron chi connectivity index (χ1n) is 9.05. The highest BCUT2D eigenvalue weighted by Crippen LogP contribution is 2.18. The number of halogens is 2. The molecule has 1 aromatic heterocycles. The predicted octanol–water partition coefficient (Wildman–Crippen LogP) is 4.28. The molecule has 2 aromatic carbocycles. The van der Waals surface area contributed by atoms with Crippen LogP contribution < -0.4 is 20.9 Å². The summed E-state index contributed by atoms with van der Waals surface area (Å²) in [6, 6.07) is 12.0. The number of H-pyrrole nitrogens is 1. The van der Waals surface area contributed by atoms with Crippen LogP contribution in [0.25, 0.3) is 10.9 Å². The Morgan fingerprint density at radius 1 is 1.14 bits per heavy atom. The van der Waals surface area contributed by atoms with Crippen molar-refractivity contribution < 1.29 is 13.5 Å². The smallest absolute Gasteiger partial charge is 0.387 e. The van der Waals surface area contributed by atoms with E-state index in [9.17, 15) is 13.6 Å². The second-order valence-corrected chi connectivity index (χ2v) is 7.09. The van der Waals surface area contributed by atoms with Gasteiger partial charge in [0.05, 0.1) is 0 Å². The van der Waals surface area contributed by atoms with E-state index in [1.54, 1.807) is 12.1 Å². The van der Waals surface area contributed by atoms with E-state index in [0.29, 0.717) is 29.3 Å². The summed E-state index contributed by atoms with van der Waals surface area (Å²) in [5.74, 6) is 0.0744. The molecule has 0 atom stereocenters. The van der Waals surface area contributed by atoms with Crippen LogP contribution in [0.5, 0.6) is 5.75 Å². The third kappa shape index (κ3) is 5.51. The molecule has 0 radical (unpaired) electrons. The molecule has 0 saturated heterocycles. The second-order valence-electron chi connectivity index (χ2n) is 6.68. The summed E-state index contributed by atoms with van der Waals surface area (Å²) in [7, 11) is 0. The van der Waals surface area contributed by atoms with E-state index in [1.165, 1.54) is 17.7 Å². The van der Waals surface area contributed by atoms with Crippen LogP contribution in [-0.4, -0.2) is 23.3 Å². The number of aromatic amines is 1. The number of alkyl halides is 2. The molecule has 3 rings (SSSR count). The number of nitrogens with one attached hydrogen (secondary N) is 3. The van der Waals surface area contributed by atoms with Crippen LogP contribution in [0.2, 0.25) is 0 Å². The van der Waals surface area contributed by atoms with Crippen molar-refractivity contribution in [3.05, 3.63) is 69.5 Å². The van der Waals surface area contributed by atoms with Gasteiger partial charge in [-0.3, -0.25) is 4.79 Å². The van der Waals surface area contributed by atoms with Crippen molar-refractivity contribution in [3.8, 4) is 5.75 Å². The van der Waals surface area contributed by atoms with E-state index in [4.69, 9.17) is 12.2 Å². The molecule has 152 valence electrons. The lowest BCUT2D eigenvalue weighted by atomic mass is 10.0. The van der Waals surface area contributed by atoms with Crippen LogP contribution in [0.1, 0.15) is 16.7 Å². The molecule has 5 nitrogen and oxygen atoms in total. The Bertz CT molecular complexity index is 1080. The van der Waals surface area contributed by atoms with Gasteiger partial charge in [-0.15, -0.1) is 0 Å². The van der Waals surface area contributed by atoms with E-state index < -0.39 is 6.61 Å². The molecule has 0 fully saturated rings. The van der Waals surface area contributed by atoms with Crippen LogP contribution in [0, 0.1) is 13.8 Å². The lowest BCUT2D eigenvalue weighted by Gasteiger charge is -2.11.